The Hall–Kier alpha value is -1.99. The molecule has 0 bridgehead atoms. The lowest BCUT2D eigenvalue weighted by Crippen LogP contribution is -2.55. The van der Waals surface area contributed by atoms with E-state index in [9.17, 15) is 14.0 Å². The second kappa shape index (κ2) is 10.4. The van der Waals surface area contributed by atoms with Crippen molar-refractivity contribution in [2.75, 3.05) is 32.7 Å². The lowest BCUT2D eigenvalue weighted by molar-refractivity contribution is -0.128. The zero-order chi connectivity index (χ0) is 19.8. The molecule has 2 N–H and O–H groups in total. The third kappa shape index (κ3) is 6.59. The third-order valence-electron chi connectivity index (χ3n) is 5.13. The fourth-order valence-electron chi connectivity index (χ4n) is 3.07. The quantitative estimate of drug-likeness (QED) is 0.717. The number of carbonyl (C=O) groups excluding carboxylic acids is 2. The van der Waals surface area contributed by atoms with Crippen molar-refractivity contribution in [3.8, 4) is 0 Å². The summed E-state index contributed by atoms with van der Waals surface area (Å²) in [7, 11) is 0. The van der Waals surface area contributed by atoms with Gasteiger partial charge in [-0.25, -0.2) is 4.39 Å². The van der Waals surface area contributed by atoms with Gasteiger partial charge in [-0.05, 0) is 26.3 Å². The standard InChI is InChI=1S/C20H31FN4O2/c1-4-15(2)23-19(26)14-24-9-11-25(12-10-24)16(3)20(27)22-13-17-7-5-6-8-18(17)21/h5-8,15-16H,4,9-14H2,1-3H3,(H,22,27)(H,23,26). The monoisotopic (exact) mass is 378 g/mol. The normalized spacial score (nSPS) is 17.9. The molecule has 1 fully saturated rings. The molecule has 27 heavy (non-hydrogen) atoms. The van der Waals surface area contributed by atoms with Crippen molar-refractivity contribution in [2.45, 2.75) is 45.8 Å². The van der Waals surface area contributed by atoms with Gasteiger partial charge in [0.2, 0.25) is 11.8 Å². The first-order valence-corrected chi connectivity index (χ1v) is 9.67. The second-order valence-corrected chi connectivity index (χ2v) is 7.17. The lowest BCUT2D eigenvalue weighted by atomic mass is 10.2. The zero-order valence-electron chi connectivity index (χ0n) is 16.5. The molecule has 2 amide bonds. The van der Waals surface area contributed by atoms with Gasteiger partial charge in [-0.2, -0.15) is 0 Å². The minimum atomic E-state index is -0.310. The number of hydrogen-bond acceptors (Lipinski definition) is 4. The van der Waals surface area contributed by atoms with Gasteiger partial charge in [-0.1, -0.05) is 25.1 Å². The maximum absolute atomic E-state index is 13.6. The van der Waals surface area contributed by atoms with Gasteiger partial charge in [0.25, 0.3) is 0 Å². The summed E-state index contributed by atoms with van der Waals surface area (Å²) < 4.78 is 13.6. The molecule has 1 aromatic rings. The minimum absolute atomic E-state index is 0.0495. The topological polar surface area (TPSA) is 64.7 Å². The molecular weight excluding hydrogens is 347 g/mol. The van der Waals surface area contributed by atoms with E-state index in [4.69, 9.17) is 0 Å². The molecule has 0 saturated carbocycles. The second-order valence-electron chi connectivity index (χ2n) is 7.17. The van der Waals surface area contributed by atoms with Crippen LogP contribution in [0.15, 0.2) is 24.3 Å². The fourth-order valence-corrected chi connectivity index (χ4v) is 3.07. The van der Waals surface area contributed by atoms with Gasteiger partial charge in [-0.15, -0.1) is 0 Å². The fraction of sp³-hybridized carbons (Fsp3) is 0.600. The Morgan fingerprint density at radius 1 is 1.15 bits per heavy atom. The summed E-state index contributed by atoms with van der Waals surface area (Å²) >= 11 is 0. The van der Waals surface area contributed by atoms with Crippen LogP contribution in [-0.2, 0) is 16.1 Å². The van der Waals surface area contributed by atoms with E-state index < -0.39 is 0 Å². The molecule has 2 unspecified atom stereocenters. The summed E-state index contributed by atoms with van der Waals surface area (Å²) in [4.78, 5) is 28.6. The first-order valence-electron chi connectivity index (χ1n) is 9.67. The van der Waals surface area contributed by atoms with E-state index in [1.165, 1.54) is 6.07 Å². The Morgan fingerprint density at radius 3 is 2.44 bits per heavy atom. The average molecular weight is 378 g/mol. The van der Waals surface area contributed by atoms with E-state index in [2.05, 4.69) is 20.4 Å². The molecule has 2 atom stereocenters. The Morgan fingerprint density at radius 2 is 1.81 bits per heavy atom. The number of carbonyl (C=O) groups is 2. The van der Waals surface area contributed by atoms with Crippen molar-refractivity contribution in [3.63, 3.8) is 0 Å². The zero-order valence-corrected chi connectivity index (χ0v) is 16.5. The maximum atomic E-state index is 13.6. The number of benzene rings is 1. The van der Waals surface area contributed by atoms with Gasteiger partial charge in [0.05, 0.1) is 12.6 Å². The molecule has 0 aromatic heterocycles. The summed E-state index contributed by atoms with van der Waals surface area (Å²) in [6.07, 6.45) is 0.916. The van der Waals surface area contributed by atoms with Gasteiger partial charge in [-0.3, -0.25) is 19.4 Å². The van der Waals surface area contributed by atoms with Crippen LogP contribution < -0.4 is 10.6 Å². The van der Waals surface area contributed by atoms with Crippen molar-refractivity contribution in [2.24, 2.45) is 0 Å². The molecule has 0 spiro atoms. The molecule has 1 aromatic carbocycles. The van der Waals surface area contributed by atoms with Crippen molar-refractivity contribution in [1.29, 1.82) is 0 Å². The minimum Gasteiger partial charge on any atom is -0.353 e. The van der Waals surface area contributed by atoms with Gasteiger partial charge >= 0.3 is 0 Å². The molecule has 6 nitrogen and oxygen atoms in total. The van der Waals surface area contributed by atoms with Crippen LogP contribution in [0.2, 0.25) is 0 Å². The largest absolute Gasteiger partial charge is 0.353 e. The molecule has 0 aliphatic carbocycles. The van der Waals surface area contributed by atoms with Crippen LogP contribution in [0.3, 0.4) is 0 Å². The molecule has 1 saturated heterocycles. The highest BCUT2D eigenvalue weighted by Crippen LogP contribution is 2.09. The van der Waals surface area contributed by atoms with E-state index in [-0.39, 0.29) is 36.3 Å². The molecule has 7 heteroatoms. The smallest absolute Gasteiger partial charge is 0.237 e. The highest BCUT2D eigenvalue weighted by Gasteiger charge is 2.26. The van der Waals surface area contributed by atoms with Crippen LogP contribution in [0, 0.1) is 5.82 Å². The molecular formula is C20H31FN4O2. The van der Waals surface area contributed by atoms with Crippen LogP contribution >= 0.6 is 0 Å². The van der Waals surface area contributed by atoms with Gasteiger partial charge in [0.1, 0.15) is 5.82 Å². The van der Waals surface area contributed by atoms with E-state index in [0.29, 0.717) is 12.1 Å². The van der Waals surface area contributed by atoms with Crippen LogP contribution in [0.25, 0.3) is 0 Å². The SMILES string of the molecule is CCC(C)NC(=O)CN1CCN(C(C)C(=O)NCc2ccccc2F)CC1. The summed E-state index contributed by atoms with van der Waals surface area (Å²) in [5, 5.41) is 5.79. The Labute approximate surface area is 161 Å². The maximum Gasteiger partial charge on any atom is 0.237 e. The number of rotatable bonds is 8. The van der Waals surface area contributed by atoms with Crippen LogP contribution in [0.1, 0.15) is 32.8 Å². The summed E-state index contributed by atoms with van der Waals surface area (Å²) in [6, 6.07) is 6.35. The van der Waals surface area contributed by atoms with Crippen LogP contribution in [0.5, 0.6) is 0 Å². The summed E-state index contributed by atoms with van der Waals surface area (Å²) in [5.74, 6) is -0.371. The molecule has 1 aliphatic rings. The Kier molecular flexibility index (Phi) is 8.19. The van der Waals surface area contributed by atoms with Crippen LogP contribution in [-0.4, -0.2) is 66.4 Å². The van der Waals surface area contributed by atoms with E-state index >= 15 is 0 Å². The number of nitrogens with zero attached hydrogens (tertiary/aromatic N) is 2. The number of hydrogen-bond donors (Lipinski definition) is 2. The van der Waals surface area contributed by atoms with Gasteiger partial charge in [0.15, 0.2) is 0 Å². The van der Waals surface area contributed by atoms with Crippen molar-refractivity contribution in [1.82, 2.24) is 20.4 Å². The highest BCUT2D eigenvalue weighted by molar-refractivity contribution is 5.81. The van der Waals surface area contributed by atoms with Gasteiger partial charge in [0, 0.05) is 44.3 Å². The van der Waals surface area contributed by atoms with E-state index in [1.54, 1.807) is 18.2 Å². The molecule has 0 radical (unpaired) electrons. The molecule has 2 rings (SSSR count). The predicted octanol–water partition coefficient (Wildman–Crippen LogP) is 1.36. The number of piperazine rings is 1. The molecule has 150 valence electrons. The van der Waals surface area contributed by atoms with Crippen molar-refractivity contribution in [3.05, 3.63) is 35.6 Å². The molecule has 1 heterocycles. The third-order valence-corrected chi connectivity index (χ3v) is 5.13. The summed E-state index contributed by atoms with van der Waals surface area (Å²) in [5.41, 5.74) is 0.482. The number of halogens is 1. The first-order chi connectivity index (χ1) is 12.9. The number of amides is 2. The van der Waals surface area contributed by atoms with Crippen molar-refractivity contribution >= 4 is 11.8 Å². The van der Waals surface area contributed by atoms with E-state index in [1.807, 2.05) is 20.8 Å². The predicted molar refractivity (Wildman–Crippen MR) is 104 cm³/mol. The first kappa shape index (κ1) is 21.3. The molecule has 1 aliphatic heterocycles. The Balaban J connectivity index is 1.73. The van der Waals surface area contributed by atoms with Crippen molar-refractivity contribution < 1.29 is 14.0 Å². The average Bonchev–Trinajstić information content (AvgIpc) is 2.67. The highest BCUT2D eigenvalue weighted by atomic mass is 19.1. The lowest BCUT2D eigenvalue weighted by Gasteiger charge is -2.37. The van der Waals surface area contributed by atoms with Gasteiger partial charge < -0.3 is 10.6 Å². The van der Waals surface area contributed by atoms with Crippen LogP contribution in [0.4, 0.5) is 4.39 Å². The Bertz CT molecular complexity index is 632. The van der Waals surface area contributed by atoms with E-state index in [0.717, 1.165) is 32.6 Å². The summed E-state index contributed by atoms with van der Waals surface area (Å²) in [6.45, 7) is 9.44. The number of nitrogens with one attached hydrogen (secondary N) is 2.